The van der Waals surface area contributed by atoms with Crippen molar-refractivity contribution in [1.29, 1.82) is 0 Å². The molecule has 1 unspecified atom stereocenters. The number of nitrogens with zero attached hydrogens (tertiary/aromatic N) is 2. The van der Waals surface area contributed by atoms with Gasteiger partial charge in [-0.25, -0.2) is 4.68 Å². The van der Waals surface area contributed by atoms with Crippen LogP contribution in [0.15, 0.2) is 18.2 Å². The summed E-state index contributed by atoms with van der Waals surface area (Å²) in [5.41, 5.74) is 9.65. The Balaban J connectivity index is 0.000000532. The second-order valence-corrected chi connectivity index (χ2v) is 10.7. The molecule has 2 aliphatic rings. The minimum atomic E-state index is -4.75. The summed E-state index contributed by atoms with van der Waals surface area (Å²) in [7, 11) is 0. The van der Waals surface area contributed by atoms with Crippen molar-refractivity contribution >= 4 is 23.3 Å². The number of aliphatic hydroxyl groups excluding tert-OH is 1. The van der Waals surface area contributed by atoms with Gasteiger partial charge in [0.1, 0.15) is 6.04 Å². The molecule has 10 nitrogen and oxygen atoms in total. The number of aliphatic carboxylic acids is 1. The van der Waals surface area contributed by atoms with Gasteiger partial charge in [-0.1, -0.05) is 33.1 Å². The van der Waals surface area contributed by atoms with Gasteiger partial charge in [0.2, 0.25) is 0 Å². The zero-order chi connectivity index (χ0) is 29.1. The minimum absolute atomic E-state index is 0.0316. The zero-order valence-corrected chi connectivity index (χ0v) is 21.8. The molecule has 4 rings (SSSR count). The van der Waals surface area contributed by atoms with E-state index in [2.05, 4.69) is 10.4 Å². The first-order valence-corrected chi connectivity index (χ1v) is 12.7. The van der Waals surface area contributed by atoms with Crippen LogP contribution >= 0.6 is 0 Å². The van der Waals surface area contributed by atoms with E-state index in [-0.39, 0.29) is 35.7 Å². The maximum Gasteiger partial charge on any atom is 0.435 e. The summed E-state index contributed by atoms with van der Waals surface area (Å²) in [5, 5.41) is 23.1. The number of nitrogens with one attached hydrogen (secondary N) is 1. The van der Waals surface area contributed by atoms with Gasteiger partial charge in [0.05, 0.1) is 29.1 Å². The summed E-state index contributed by atoms with van der Waals surface area (Å²) < 4.78 is 42.4. The van der Waals surface area contributed by atoms with E-state index in [0.717, 1.165) is 32.1 Å². The molecule has 1 atom stereocenters. The van der Waals surface area contributed by atoms with Crippen LogP contribution < -0.4 is 16.8 Å². The fourth-order valence-corrected chi connectivity index (χ4v) is 4.90. The van der Waals surface area contributed by atoms with E-state index in [0.29, 0.717) is 11.4 Å². The number of anilines is 1. The largest absolute Gasteiger partial charge is 0.480 e. The van der Waals surface area contributed by atoms with Crippen molar-refractivity contribution in [3.63, 3.8) is 0 Å². The molecule has 0 spiro atoms. The van der Waals surface area contributed by atoms with Crippen LogP contribution in [0.2, 0.25) is 0 Å². The number of nitrogens with two attached hydrogens (primary N) is 2. The highest BCUT2D eigenvalue weighted by Gasteiger charge is 2.45. The SMILES string of the molecule is CC1(C)CC(=O)c2c(C(F)(F)F)nn(-c3ccc(C(N)=O)c(NC4CCCCC4)c3)c2C1.NC(CO)C(=O)O. The number of carboxylic acids is 1. The number of carbonyl (C=O) groups is 3. The maximum absolute atomic E-state index is 13.7. The molecule has 2 aromatic rings. The van der Waals surface area contributed by atoms with Crippen LogP contribution in [0.3, 0.4) is 0 Å². The van der Waals surface area contributed by atoms with Gasteiger partial charge in [0.25, 0.3) is 5.91 Å². The van der Waals surface area contributed by atoms with E-state index in [4.69, 9.17) is 21.7 Å². The predicted molar refractivity (Wildman–Crippen MR) is 137 cm³/mol. The molecule has 13 heteroatoms. The van der Waals surface area contributed by atoms with Gasteiger partial charge in [0, 0.05) is 18.2 Å². The highest BCUT2D eigenvalue weighted by atomic mass is 19.4. The van der Waals surface area contributed by atoms with Crippen LogP contribution in [-0.4, -0.2) is 56.3 Å². The Morgan fingerprint density at radius 3 is 2.36 bits per heavy atom. The molecule has 0 saturated heterocycles. The van der Waals surface area contributed by atoms with Crippen molar-refractivity contribution in [2.24, 2.45) is 16.9 Å². The number of ketones is 1. The number of alkyl halides is 3. The van der Waals surface area contributed by atoms with Crippen molar-refractivity contribution in [2.75, 3.05) is 11.9 Å². The van der Waals surface area contributed by atoms with Gasteiger partial charge in [0.15, 0.2) is 11.5 Å². The lowest BCUT2D eigenvalue weighted by atomic mass is 9.75. The van der Waals surface area contributed by atoms with Crippen molar-refractivity contribution in [3.05, 3.63) is 40.7 Å². The first-order chi connectivity index (χ1) is 18.1. The summed E-state index contributed by atoms with van der Waals surface area (Å²) in [4.78, 5) is 34.3. The van der Waals surface area contributed by atoms with Crippen molar-refractivity contribution in [1.82, 2.24) is 9.78 Å². The summed E-state index contributed by atoms with van der Waals surface area (Å²) in [6.45, 7) is 3.20. The number of carbonyl (C=O) groups excluding carboxylic acids is 2. The van der Waals surface area contributed by atoms with Crippen LogP contribution in [0, 0.1) is 5.41 Å². The second-order valence-electron chi connectivity index (χ2n) is 10.7. The highest BCUT2D eigenvalue weighted by molar-refractivity contribution is 6.00. The molecule has 39 heavy (non-hydrogen) atoms. The summed E-state index contributed by atoms with van der Waals surface area (Å²) in [6, 6.07) is 3.66. The number of primary amides is 1. The molecule has 1 fully saturated rings. The first-order valence-electron chi connectivity index (χ1n) is 12.7. The number of carboxylic acid groups (broad SMARTS) is 1. The molecule has 1 amide bonds. The number of hydrogen-bond acceptors (Lipinski definition) is 7. The van der Waals surface area contributed by atoms with Crippen molar-refractivity contribution in [3.8, 4) is 5.69 Å². The molecule has 7 N–H and O–H groups in total. The lowest BCUT2D eigenvalue weighted by Crippen LogP contribution is -2.33. The molecule has 2 aliphatic carbocycles. The monoisotopic (exact) mass is 553 g/mol. The fourth-order valence-electron chi connectivity index (χ4n) is 4.90. The number of aromatic nitrogens is 2. The first kappa shape index (κ1) is 30.1. The average Bonchev–Trinajstić information content (AvgIpc) is 3.23. The number of aliphatic hydroxyl groups is 1. The summed E-state index contributed by atoms with van der Waals surface area (Å²) in [6.07, 6.45) is 0.752. The molecule has 1 aromatic carbocycles. The number of halogens is 3. The number of benzene rings is 1. The van der Waals surface area contributed by atoms with Gasteiger partial charge in [-0.2, -0.15) is 18.3 Å². The molecule has 0 bridgehead atoms. The van der Waals surface area contributed by atoms with Crippen LogP contribution in [0.25, 0.3) is 5.69 Å². The van der Waals surface area contributed by atoms with Crippen molar-refractivity contribution < 1.29 is 37.8 Å². The van der Waals surface area contributed by atoms with Crippen LogP contribution in [0.4, 0.5) is 18.9 Å². The Kier molecular flexibility index (Phi) is 9.06. The normalized spacial score (nSPS) is 18.0. The van der Waals surface area contributed by atoms with Gasteiger partial charge >= 0.3 is 12.1 Å². The lowest BCUT2D eigenvalue weighted by Gasteiger charge is -2.29. The van der Waals surface area contributed by atoms with E-state index >= 15 is 0 Å². The Hall–Kier alpha value is -3.45. The molecule has 1 heterocycles. The van der Waals surface area contributed by atoms with E-state index in [9.17, 15) is 27.6 Å². The second kappa shape index (κ2) is 11.7. The number of Topliss-reactive ketones (excluding diaryl/α,β-unsaturated/α-hetero) is 1. The number of fused-ring (bicyclic) bond motifs is 1. The average molecular weight is 554 g/mol. The quantitative estimate of drug-likeness (QED) is 0.362. The van der Waals surface area contributed by atoms with E-state index in [1.54, 1.807) is 6.07 Å². The highest BCUT2D eigenvalue weighted by Crippen LogP contribution is 2.42. The molecule has 214 valence electrons. The standard InChI is InChI=1S/C23H27F3N4O2.C3H7NO3/c1-22(2)11-17-19(18(31)12-22)20(23(24,25)26)29-30(17)14-8-9-15(21(27)32)16(10-14)28-13-6-4-3-5-7-13;4-2(1-5)3(6)7/h8-10,13,28H,3-7,11-12H2,1-2H3,(H2,27,32);2,5H,1,4H2,(H,6,7). The van der Waals surface area contributed by atoms with Gasteiger partial charge in [-0.15, -0.1) is 0 Å². The third-order valence-corrected chi connectivity index (χ3v) is 6.81. The predicted octanol–water partition coefficient (Wildman–Crippen LogP) is 3.28. The van der Waals surface area contributed by atoms with Crippen LogP contribution in [0.1, 0.15) is 84.5 Å². The number of amides is 1. The Morgan fingerprint density at radius 1 is 1.21 bits per heavy atom. The molecule has 0 aliphatic heterocycles. The molecular weight excluding hydrogens is 519 g/mol. The van der Waals surface area contributed by atoms with E-state index in [1.807, 2.05) is 13.8 Å². The molecular formula is C26H34F3N5O5. The minimum Gasteiger partial charge on any atom is -0.480 e. The Morgan fingerprint density at radius 2 is 1.85 bits per heavy atom. The van der Waals surface area contributed by atoms with Gasteiger partial charge in [-0.05, 0) is 42.9 Å². The third-order valence-electron chi connectivity index (χ3n) is 6.81. The van der Waals surface area contributed by atoms with E-state index in [1.165, 1.54) is 16.8 Å². The number of hydrogen-bond donors (Lipinski definition) is 5. The maximum atomic E-state index is 13.7. The third kappa shape index (κ3) is 7.15. The number of rotatable bonds is 6. The smallest absolute Gasteiger partial charge is 0.435 e. The summed E-state index contributed by atoms with van der Waals surface area (Å²) >= 11 is 0. The summed E-state index contributed by atoms with van der Waals surface area (Å²) in [5.74, 6) is -2.35. The molecule has 1 aromatic heterocycles. The molecule has 1 saturated carbocycles. The van der Waals surface area contributed by atoms with Gasteiger partial charge in [-0.3, -0.25) is 14.4 Å². The Bertz CT molecular complexity index is 1240. The molecule has 0 radical (unpaired) electrons. The van der Waals surface area contributed by atoms with Gasteiger partial charge < -0.3 is 27.0 Å². The Labute approximate surface area is 223 Å². The zero-order valence-electron chi connectivity index (χ0n) is 21.8. The topological polar surface area (TPSA) is 174 Å². The fraction of sp³-hybridized carbons (Fsp3) is 0.538. The van der Waals surface area contributed by atoms with Crippen LogP contribution in [0.5, 0.6) is 0 Å². The van der Waals surface area contributed by atoms with E-state index < -0.39 is 47.6 Å². The lowest BCUT2D eigenvalue weighted by molar-refractivity contribution is -0.142. The van der Waals surface area contributed by atoms with Crippen molar-refractivity contribution in [2.45, 2.75) is 77.1 Å². The van der Waals surface area contributed by atoms with Crippen LogP contribution in [-0.2, 0) is 17.4 Å².